The Morgan fingerprint density at radius 3 is 2.92 bits per heavy atom. The van der Waals surface area contributed by atoms with Gasteiger partial charge in [0.05, 0.1) is 6.54 Å². The van der Waals surface area contributed by atoms with Crippen molar-refractivity contribution < 1.29 is 9.53 Å². The van der Waals surface area contributed by atoms with Gasteiger partial charge in [-0.1, -0.05) is 13.3 Å². The Balaban J connectivity index is 2.23. The van der Waals surface area contributed by atoms with Gasteiger partial charge in [0.1, 0.15) is 6.10 Å². The summed E-state index contributed by atoms with van der Waals surface area (Å²) in [5.74, 6) is 0.586. The van der Waals surface area contributed by atoms with Crippen LogP contribution in [0, 0.1) is 5.92 Å². The van der Waals surface area contributed by atoms with Gasteiger partial charge in [-0.2, -0.15) is 0 Å². The van der Waals surface area contributed by atoms with Gasteiger partial charge in [-0.15, -0.1) is 0 Å². The number of likely N-dealkylation sites (N-methyl/N-ethyl adjacent to an activating group) is 1. The van der Waals surface area contributed by atoms with E-state index in [1.807, 2.05) is 0 Å². The van der Waals surface area contributed by atoms with Crippen LogP contribution in [-0.2, 0) is 9.53 Å². The molecule has 0 radical (unpaired) electrons. The molecule has 0 bridgehead atoms. The summed E-state index contributed by atoms with van der Waals surface area (Å²) in [5, 5.41) is 2.79. The molecule has 3 nitrogen and oxygen atoms in total. The molecule has 0 aromatic rings. The molecule has 1 aliphatic carbocycles. The predicted molar refractivity (Wildman–Crippen MR) is 51.4 cm³/mol. The lowest BCUT2D eigenvalue weighted by atomic mass is 9.89. The summed E-state index contributed by atoms with van der Waals surface area (Å²) in [6, 6.07) is 0. The summed E-state index contributed by atoms with van der Waals surface area (Å²) in [4.78, 5) is 11.1. The van der Waals surface area contributed by atoms with Gasteiger partial charge in [0.15, 0.2) is 0 Å². The smallest absolute Gasteiger partial charge is 0.320 e. The van der Waals surface area contributed by atoms with Crippen molar-refractivity contribution in [1.82, 2.24) is 5.32 Å². The zero-order chi connectivity index (χ0) is 9.68. The van der Waals surface area contributed by atoms with Crippen LogP contribution < -0.4 is 5.32 Å². The van der Waals surface area contributed by atoms with Gasteiger partial charge < -0.3 is 10.1 Å². The highest BCUT2D eigenvalue weighted by Gasteiger charge is 2.21. The molecule has 1 saturated carbocycles. The lowest BCUT2D eigenvalue weighted by molar-refractivity contribution is -0.149. The standard InChI is InChI=1S/C10H19NO2/c1-8-4-3-5-9(6-8)13-10(12)7-11-2/h8-9,11H,3-7H2,1-2H3. The van der Waals surface area contributed by atoms with Crippen LogP contribution in [0.2, 0.25) is 0 Å². The molecule has 1 aliphatic rings. The Labute approximate surface area is 79.8 Å². The highest BCUT2D eigenvalue weighted by atomic mass is 16.5. The van der Waals surface area contributed by atoms with E-state index in [2.05, 4.69) is 12.2 Å². The third kappa shape index (κ3) is 3.77. The van der Waals surface area contributed by atoms with Gasteiger partial charge in [0.2, 0.25) is 0 Å². The van der Waals surface area contributed by atoms with Gasteiger partial charge >= 0.3 is 5.97 Å². The van der Waals surface area contributed by atoms with E-state index in [1.165, 1.54) is 12.8 Å². The monoisotopic (exact) mass is 185 g/mol. The van der Waals surface area contributed by atoms with Crippen molar-refractivity contribution in [3.05, 3.63) is 0 Å². The first kappa shape index (κ1) is 10.5. The average molecular weight is 185 g/mol. The van der Waals surface area contributed by atoms with Crippen LogP contribution in [0.1, 0.15) is 32.6 Å². The Bertz CT molecular complexity index is 170. The summed E-state index contributed by atoms with van der Waals surface area (Å²) in [7, 11) is 1.75. The first-order valence-electron chi connectivity index (χ1n) is 5.06. The number of carbonyl (C=O) groups excluding carboxylic acids is 1. The van der Waals surface area contributed by atoms with Crippen molar-refractivity contribution >= 4 is 5.97 Å². The largest absolute Gasteiger partial charge is 0.461 e. The van der Waals surface area contributed by atoms with Crippen LogP contribution in [0.25, 0.3) is 0 Å². The number of hydrogen-bond donors (Lipinski definition) is 1. The van der Waals surface area contributed by atoms with E-state index in [0.29, 0.717) is 12.5 Å². The summed E-state index contributed by atoms with van der Waals surface area (Å²) in [5.41, 5.74) is 0. The molecule has 0 amide bonds. The molecule has 1 N–H and O–H groups in total. The van der Waals surface area contributed by atoms with Crippen molar-refractivity contribution in [2.75, 3.05) is 13.6 Å². The number of rotatable bonds is 3. The van der Waals surface area contributed by atoms with Gasteiger partial charge in [0.25, 0.3) is 0 Å². The first-order valence-corrected chi connectivity index (χ1v) is 5.06. The number of carbonyl (C=O) groups is 1. The van der Waals surface area contributed by atoms with E-state index in [-0.39, 0.29) is 12.1 Å². The second kappa shape index (κ2) is 5.22. The van der Waals surface area contributed by atoms with E-state index >= 15 is 0 Å². The molecule has 1 fully saturated rings. The minimum atomic E-state index is -0.124. The van der Waals surface area contributed by atoms with Crippen molar-refractivity contribution in [3.63, 3.8) is 0 Å². The molecule has 3 heteroatoms. The maximum Gasteiger partial charge on any atom is 0.320 e. The van der Waals surface area contributed by atoms with Crippen LogP contribution in [0.5, 0.6) is 0 Å². The fourth-order valence-electron chi connectivity index (χ4n) is 1.86. The Hall–Kier alpha value is -0.570. The lowest BCUT2D eigenvalue weighted by Gasteiger charge is -2.26. The molecule has 2 unspecified atom stereocenters. The summed E-state index contributed by atoms with van der Waals surface area (Å²) >= 11 is 0. The highest BCUT2D eigenvalue weighted by molar-refractivity contribution is 5.71. The quantitative estimate of drug-likeness (QED) is 0.674. The molecule has 76 valence electrons. The van der Waals surface area contributed by atoms with Crippen LogP contribution >= 0.6 is 0 Å². The van der Waals surface area contributed by atoms with Gasteiger partial charge in [-0.05, 0) is 32.2 Å². The SMILES string of the molecule is CNCC(=O)OC1CCCC(C)C1. The van der Waals surface area contributed by atoms with Gasteiger partial charge in [-0.25, -0.2) is 0 Å². The summed E-state index contributed by atoms with van der Waals surface area (Å²) in [6.45, 7) is 2.54. The van der Waals surface area contributed by atoms with E-state index in [1.54, 1.807) is 7.05 Å². The topological polar surface area (TPSA) is 38.3 Å². The van der Waals surface area contributed by atoms with Crippen molar-refractivity contribution in [2.45, 2.75) is 38.7 Å². The van der Waals surface area contributed by atoms with Crippen molar-refractivity contribution in [1.29, 1.82) is 0 Å². The van der Waals surface area contributed by atoms with E-state index in [9.17, 15) is 4.79 Å². The van der Waals surface area contributed by atoms with Crippen LogP contribution in [0.3, 0.4) is 0 Å². The first-order chi connectivity index (χ1) is 6.22. The third-order valence-electron chi connectivity index (χ3n) is 2.51. The maximum absolute atomic E-state index is 11.1. The van der Waals surface area contributed by atoms with E-state index < -0.39 is 0 Å². The Kier molecular flexibility index (Phi) is 4.22. The molecule has 0 aromatic heterocycles. The van der Waals surface area contributed by atoms with Crippen molar-refractivity contribution in [2.24, 2.45) is 5.92 Å². The molecular weight excluding hydrogens is 166 g/mol. The number of esters is 1. The molecule has 0 saturated heterocycles. The second-order valence-electron chi connectivity index (χ2n) is 3.91. The Morgan fingerprint density at radius 1 is 1.54 bits per heavy atom. The molecule has 0 heterocycles. The molecule has 13 heavy (non-hydrogen) atoms. The van der Waals surface area contributed by atoms with Crippen molar-refractivity contribution in [3.8, 4) is 0 Å². The van der Waals surface area contributed by atoms with Crippen LogP contribution in [0.4, 0.5) is 0 Å². The minimum absolute atomic E-state index is 0.124. The molecule has 0 aliphatic heterocycles. The predicted octanol–water partition coefficient (Wildman–Crippen LogP) is 1.33. The Morgan fingerprint density at radius 2 is 2.31 bits per heavy atom. The zero-order valence-corrected chi connectivity index (χ0v) is 8.51. The maximum atomic E-state index is 11.1. The summed E-state index contributed by atoms with van der Waals surface area (Å²) in [6.07, 6.45) is 4.72. The molecule has 0 spiro atoms. The minimum Gasteiger partial charge on any atom is -0.461 e. The fraction of sp³-hybridized carbons (Fsp3) is 0.900. The third-order valence-corrected chi connectivity index (χ3v) is 2.51. The van der Waals surface area contributed by atoms with E-state index in [0.717, 1.165) is 12.8 Å². The van der Waals surface area contributed by atoms with Crippen LogP contribution in [0.15, 0.2) is 0 Å². The number of nitrogens with one attached hydrogen (secondary N) is 1. The molecule has 2 atom stereocenters. The number of hydrogen-bond acceptors (Lipinski definition) is 3. The lowest BCUT2D eigenvalue weighted by Crippen LogP contribution is -2.29. The number of ether oxygens (including phenoxy) is 1. The molecule has 1 rings (SSSR count). The molecule has 0 aromatic carbocycles. The highest BCUT2D eigenvalue weighted by Crippen LogP contribution is 2.25. The van der Waals surface area contributed by atoms with E-state index in [4.69, 9.17) is 4.74 Å². The van der Waals surface area contributed by atoms with Crippen LogP contribution in [-0.4, -0.2) is 25.7 Å². The fourth-order valence-corrected chi connectivity index (χ4v) is 1.86. The van der Waals surface area contributed by atoms with Gasteiger partial charge in [0, 0.05) is 0 Å². The van der Waals surface area contributed by atoms with Gasteiger partial charge in [-0.3, -0.25) is 4.79 Å². The zero-order valence-electron chi connectivity index (χ0n) is 8.51. The normalized spacial score (nSPS) is 28.5. The second-order valence-corrected chi connectivity index (χ2v) is 3.91. The summed E-state index contributed by atoms with van der Waals surface area (Å²) < 4.78 is 5.30. The average Bonchev–Trinajstić information content (AvgIpc) is 2.04. The molecular formula is C10H19NO2.